The smallest absolute Gasteiger partial charge is 1.00 e. The van der Waals surface area contributed by atoms with Crippen molar-refractivity contribution in [2.24, 2.45) is 0 Å². The molecule has 2 rings (SSSR count). The molecule has 6 nitrogen and oxygen atoms in total. The molecule has 0 bridgehead atoms. The van der Waals surface area contributed by atoms with Gasteiger partial charge < -0.3 is 13.1 Å². The second-order valence-corrected chi connectivity index (χ2v) is 3.04. The number of nitrogens with zero attached hydrogens (tertiary/aromatic N) is 2. The molecule has 0 atom stereocenters. The zero-order valence-electron chi connectivity index (χ0n) is 11.9. The second-order valence-electron chi connectivity index (χ2n) is 3.04. The fourth-order valence-corrected chi connectivity index (χ4v) is 0.979. The quantitative estimate of drug-likeness (QED) is 0.810. The Kier molecular flexibility index (Phi) is 8.69. The van der Waals surface area contributed by atoms with E-state index in [4.69, 9.17) is 10.2 Å². The molecular weight excluding hydrogens is 276 g/mol. The van der Waals surface area contributed by atoms with E-state index in [1.807, 2.05) is 0 Å². The fourth-order valence-electron chi connectivity index (χ4n) is 0.979. The van der Waals surface area contributed by atoms with Gasteiger partial charge in [0.05, 0.1) is 0 Å². The van der Waals surface area contributed by atoms with Crippen molar-refractivity contribution in [2.75, 3.05) is 0 Å². The maximum atomic E-state index is 10.1. The van der Waals surface area contributed by atoms with Gasteiger partial charge in [-0.1, -0.05) is 12.1 Å². The third-order valence-electron chi connectivity index (χ3n) is 1.77. The summed E-state index contributed by atoms with van der Waals surface area (Å²) in [5.41, 5.74) is 0.162. The van der Waals surface area contributed by atoms with Gasteiger partial charge in [-0.3, -0.25) is 0 Å². The SMILES string of the molecule is O=C(O)c1ccccn1.O=C(O)c1ccccn1.[Ca+2].[H-].[H-]. The summed E-state index contributed by atoms with van der Waals surface area (Å²) in [4.78, 5) is 27.4. The van der Waals surface area contributed by atoms with E-state index in [2.05, 4.69) is 9.97 Å². The maximum absolute atomic E-state index is 10.1. The molecular formula is C12H12CaN2O4. The van der Waals surface area contributed by atoms with E-state index in [0.29, 0.717) is 0 Å². The van der Waals surface area contributed by atoms with Gasteiger partial charge in [0.25, 0.3) is 0 Å². The van der Waals surface area contributed by atoms with Crippen LogP contribution in [0.25, 0.3) is 0 Å². The molecule has 0 fully saturated rings. The zero-order valence-corrected chi connectivity index (χ0v) is 12.1. The summed E-state index contributed by atoms with van der Waals surface area (Å²) in [5.74, 6) is -1.98. The van der Waals surface area contributed by atoms with Crippen LogP contribution in [-0.4, -0.2) is 69.9 Å². The molecule has 7 heteroatoms. The van der Waals surface area contributed by atoms with Gasteiger partial charge in [0.15, 0.2) is 0 Å². The van der Waals surface area contributed by atoms with Crippen molar-refractivity contribution in [2.45, 2.75) is 0 Å². The Morgan fingerprint density at radius 3 is 1.37 bits per heavy atom. The summed E-state index contributed by atoms with van der Waals surface area (Å²) in [6.07, 6.45) is 2.90. The summed E-state index contributed by atoms with van der Waals surface area (Å²) in [7, 11) is 0. The minimum Gasteiger partial charge on any atom is -1.00 e. The van der Waals surface area contributed by atoms with Crippen LogP contribution in [-0.2, 0) is 0 Å². The Morgan fingerprint density at radius 2 is 1.21 bits per heavy atom. The standard InChI is InChI=1S/2C6H5NO2.Ca.2H/c2*8-6(9)5-3-1-2-4-7-5;;;/h2*1-4H,(H,8,9);;;/q;;+2;2*-1. The van der Waals surface area contributed by atoms with Crippen molar-refractivity contribution < 1.29 is 22.7 Å². The molecule has 2 heterocycles. The molecule has 2 aromatic heterocycles. The molecule has 2 aromatic rings. The van der Waals surface area contributed by atoms with Gasteiger partial charge in [0.1, 0.15) is 11.4 Å². The monoisotopic (exact) mass is 288 g/mol. The summed E-state index contributed by atoms with van der Waals surface area (Å²) in [6.45, 7) is 0. The topological polar surface area (TPSA) is 100 Å². The molecule has 0 saturated heterocycles. The van der Waals surface area contributed by atoms with Crippen molar-refractivity contribution >= 4 is 49.7 Å². The number of hydrogen-bond acceptors (Lipinski definition) is 4. The van der Waals surface area contributed by atoms with Crippen LogP contribution in [0, 0.1) is 0 Å². The molecule has 0 saturated carbocycles. The number of pyridine rings is 2. The van der Waals surface area contributed by atoms with Crippen molar-refractivity contribution in [3.05, 3.63) is 60.2 Å². The Balaban J connectivity index is -0.000000270. The minimum absolute atomic E-state index is 0. The predicted octanol–water partition coefficient (Wildman–Crippen LogP) is 1.40. The van der Waals surface area contributed by atoms with Gasteiger partial charge in [0.2, 0.25) is 0 Å². The number of rotatable bonds is 2. The Labute approximate surface area is 142 Å². The molecule has 0 unspecified atom stereocenters. The number of carboxylic acids is 2. The molecule has 0 aromatic carbocycles. The van der Waals surface area contributed by atoms with Crippen molar-refractivity contribution in [1.82, 2.24) is 9.97 Å². The van der Waals surface area contributed by atoms with Gasteiger partial charge in [0, 0.05) is 12.4 Å². The average Bonchev–Trinajstić information content (AvgIpc) is 2.41. The third kappa shape index (κ3) is 6.85. The van der Waals surface area contributed by atoms with Gasteiger partial charge in [-0.25, -0.2) is 19.6 Å². The van der Waals surface area contributed by atoms with Crippen LogP contribution >= 0.6 is 0 Å². The number of aromatic carboxylic acids is 2. The number of carbonyl (C=O) groups is 2. The molecule has 0 aliphatic rings. The number of hydrogen-bond donors (Lipinski definition) is 2. The van der Waals surface area contributed by atoms with Gasteiger partial charge in [-0.2, -0.15) is 0 Å². The van der Waals surface area contributed by atoms with Crippen molar-refractivity contribution in [3.63, 3.8) is 0 Å². The Morgan fingerprint density at radius 1 is 0.842 bits per heavy atom. The van der Waals surface area contributed by atoms with E-state index >= 15 is 0 Å². The van der Waals surface area contributed by atoms with Crippen LogP contribution in [0.1, 0.15) is 23.8 Å². The molecule has 0 amide bonds. The van der Waals surface area contributed by atoms with Gasteiger partial charge >= 0.3 is 49.7 Å². The number of carboxylic acid groups (broad SMARTS) is 2. The summed E-state index contributed by atoms with van der Waals surface area (Å²) in [6, 6.07) is 9.51. The third-order valence-corrected chi connectivity index (χ3v) is 1.77. The summed E-state index contributed by atoms with van der Waals surface area (Å²) >= 11 is 0. The summed E-state index contributed by atoms with van der Waals surface area (Å²) in [5, 5.41) is 16.6. The van der Waals surface area contributed by atoms with E-state index in [9.17, 15) is 9.59 Å². The molecule has 19 heavy (non-hydrogen) atoms. The molecule has 0 radical (unpaired) electrons. The second kappa shape index (κ2) is 9.43. The van der Waals surface area contributed by atoms with Gasteiger partial charge in [-0.05, 0) is 24.3 Å². The largest absolute Gasteiger partial charge is 2.00 e. The normalized spacial score (nSPS) is 8.42. The van der Waals surface area contributed by atoms with E-state index in [0.717, 1.165) is 0 Å². The van der Waals surface area contributed by atoms with Gasteiger partial charge in [-0.15, -0.1) is 0 Å². The molecule has 2 N–H and O–H groups in total. The number of aromatic nitrogens is 2. The van der Waals surface area contributed by atoms with Crippen molar-refractivity contribution in [3.8, 4) is 0 Å². The van der Waals surface area contributed by atoms with Crippen LogP contribution < -0.4 is 0 Å². The minimum atomic E-state index is -0.990. The molecule has 0 aliphatic heterocycles. The van der Waals surface area contributed by atoms with Crippen LogP contribution in [0.5, 0.6) is 0 Å². The molecule has 0 spiro atoms. The Bertz CT molecular complexity index is 480. The fraction of sp³-hybridized carbons (Fsp3) is 0. The van der Waals surface area contributed by atoms with Crippen LogP contribution in [0.4, 0.5) is 0 Å². The van der Waals surface area contributed by atoms with Crippen LogP contribution in [0.15, 0.2) is 48.8 Å². The first-order valence-electron chi connectivity index (χ1n) is 4.90. The first-order valence-corrected chi connectivity index (χ1v) is 4.90. The van der Waals surface area contributed by atoms with E-state index < -0.39 is 11.9 Å². The van der Waals surface area contributed by atoms with E-state index in [1.54, 1.807) is 24.3 Å². The molecule has 96 valence electrons. The van der Waals surface area contributed by atoms with E-state index in [-0.39, 0.29) is 52.0 Å². The predicted molar refractivity (Wildman–Crippen MR) is 70.4 cm³/mol. The first-order chi connectivity index (χ1) is 8.61. The first kappa shape index (κ1) is 17.5. The zero-order chi connectivity index (χ0) is 13.4. The molecule has 0 aliphatic carbocycles. The average molecular weight is 288 g/mol. The van der Waals surface area contributed by atoms with Crippen LogP contribution in [0.3, 0.4) is 0 Å². The summed E-state index contributed by atoms with van der Waals surface area (Å²) < 4.78 is 0. The van der Waals surface area contributed by atoms with E-state index in [1.165, 1.54) is 24.5 Å². The van der Waals surface area contributed by atoms with Crippen molar-refractivity contribution in [1.29, 1.82) is 0 Å². The Hall–Kier alpha value is -1.50. The maximum Gasteiger partial charge on any atom is 2.00 e. The van der Waals surface area contributed by atoms with Crippen LogP contribution in [0.2, 0.25) is 0 Å².